The quantitative estimate of drug-likeness (QED) is 0.918. The molecule has 5 heteroatoms. The summed E-state index contributed by atoms with van der Waals surface area (Å²) in [5.74, 6) is 1.25. The normalized spacial score (nSPS) is 20.5. The van der Waals surface area contributed by atoms with Crippen molar-refractivity contribution in [1.82, 2.24) is 19.8 Å². The number of aromatic nitrogens is 2. The van der Waals surface area contributed by atoms with Crippen LogP contribution in [-0.4, -0.2) is 40.6 Å². The third-order valence-corrected chi connectivity index (χ3v) is 5.73. The topological polar surface area (TPSA) is 33.1 Å². The van der Waals surface area contributed by atoms with Gasteiger partial charge in [0.1, 0.15) is 5.82 Å². The summed E-state index contributed by atoms with van der Waals surface area (Å²) in [5, 5.41) is 3.51. The van der Waals surface area contributed by atoms with Gasteiger partial charge in [0.2, 0.25) is 0 Å². The van der Waals surface area contributed by atoms with Gasteiger partial charge in [0.05, 0.1) is 17.6 Å². The number of aryl methyl sites for hydroxylation is 1. The van der Waals surface area contributed by atoms with Crippen LogP contribution >= 0.6 is 12.4 Å². The zero-order chi connectivity index (χ0) is 15.7. The minimum Gasteiger partial charge on any atom is -0.327 e. The Morgan fingerprint density at radius 1 is 1.17 bits per heavy atom. The Morgan fingerprint density at radius 2 is 1.96 bits per heavy atom. The molecule has 24 heavy (non-hydrogen) atoms. The molecule has 1 aromatic heterocycles. The van der Waals surface area contributed by atoms with Gasteiger partial charge in [-0.25, -0.2) is 4.98 Å². The molecule has 0 bridgehead atoms. The highest BCUT2D eigenvalue weighted by atomic mass is 35.5. The van der Waals surface area contributed by atoms with Gasteiger partial charge in [0.25, 0.3) is 0 Å². The van der Waals surface area contributed by atoms with Gasteiger partial charge in [-0.1, -0.05) is 19.1 Å². The highest BCUT2D eigenvalue weighted by molar-refractivity contribution is 5.85. The fourth-order valence-corrected chi connectivity index (χ4v) is 4.45. The first-order valence-corrected chi connectivity index (χ1v) is 9.17. The van der Waals surface area contributed by atoms with Crippen LogP contribution in [0.15, 0.2) is 24.3 Å². The van der Waals surface area contributed by atoms with Gasteiger partial charge in [-0.05, 0) is 62.9 Å². The summed E-state index contributed by atoms with van der Waals surface area (Å²) in [5.41, 5.74) is 3.01. The molecule has 1 N–H and O–H groups in total. The fraction of sp³-hybridized carbons (Fsp3) is 0.632. The van der Waals surface area contributed by atoms with E-state index in [1.165, 1.54) is 56.8 Å². The monoisotopic (exact) mass is 348 g/mol. The molecule has 1 spiro atoms. The van der Waals surface area contributed by atoms with Crippen molar-refractivity contribution < 1.29 is 0 Å². The first-order chi connectivity index (χ1) is 11.3. The molecule has 0 aliphatic carbocycles. The second kappa shape index (κ2) is 7.42. The lowest BCUT2D eigenvalue weighted by Crippen LogP contribution is -2.38. The van der Waals surface area contributed by atoms with Crippen LogP contribution in [0.5, 0.6) is 0 Å². The SMILES string of the molecule is CCCn1c(CN2CCC3(CCNCC3)C2)nc2ccccc21.Cl. The minimum absolute atomic E-state index is 0. The van der Waals surface area contributed by atoms with Gasteiger partial charge in [0, 0.05) is 13.1 Å². The van der Waals surface area contributed by atoms with Crippen molar-refractivity contribution in [3.05, 3.63) is 30.1 Å². The summed E-state index contributed by atoms with van der Waals surface area (Å²) in [4.78, 5) is 7.57. The molecule has 132 valence electrons. The number of rotatable bonds is 4. The number of para-hydroxylation sites is 2. The molecule has 2 saturated heterocycles. The zero-order valence-corrected chi connectivity index (χ0v) is 15.4. The van der Waals surface area contributed by atoms with Crippen LogP contribution in [0.2, 0.25) is 0 Å². The molecule has 2 aromatic rings. The van der Waals surface area contributed by atoms with Gasteiger partial charge < -0.3 is 9.88 Å². The Labute approximate surface area is 151 Å². The Balaban J connectivity index is 0.00000169. The van der Waals surface area contributed by atoms with Crippen LogP contribution in [0.1, 0.15) is 38.4 Å². The summed E-state index contributed by atoms with van der Waals surface area (Å²) >= 11 is 0. The molecule has 0 saturated carbocycles. The van der Waals surface area contributed by atoms with Gasteiger partial charge in [-0.15, -0.1) is 12.4 Å². The molecule has 2 aliphatic heterocycles. The van der Waals surface area contributed by atoms with Gasteiger partial charge in [-0.2, -0.15) is 0 Å². The molecule has 2 aliphatic rings. The summed E-state index contributed by atoms with van der Waals surface area (Å²) in [6.45, 7) is 9.20. The maximum absolute atomic E-state index is 4.94. The Kier molecular flexibility index (Phi) is 5.48. The number of hydrogen-bond donors (Lipinski definition) is 1. The molecular formula is C19H29ClN4. The van der Waals surface area contributed by atoms with Crippen molar-refractivity contribution >= 4 is 23.4 Å². The first-order valence-electron chi connectivity index (χ1n) is 9.17. The molecule has 0 radical (unpaired) electrons. The van der Waals surface area contributed by atoms with E-state index >= 15 is 0 Å². The Bertz CT molecular complexity index is 675. The predicted octanol–water partition coefficient (Wildman–Crippen LogP) is 3.44. The van der Waals surface area contributed by atoms with Crippen LogP contribution < -0.4 is 5.32 Å². The fourth-order valence-electron chi connectivity index (χ4n) is 4.45. The van der Waals surface area contributed by atoms with E-state index in [0.717, 1.165) is 25.0 Å². The summed E-state index contributed by atoms with van der Waals surface area (Å²) < 4.78 is 2.43. The van der Waals surface area contributed by atoms with Gasteiger partial charge in [-0.3, -0.25) is 4.90 Å². The average molecular weight is 349 g/mol. The van der Waals surface area contributed by atoms with Gasteiger partial charge >= 0.3 is 0 Å². The first kappa shape index (κ1) is 17.7. The smallest absolute Gasteiger partial charge is 0.124 e. The molecule has 4 rings (SSSR count). The van der Waals surface area contributed by atoms with E-state index in [9.17, 15) is 0 Å². The standard InChI is InChI=1S/C19H28N4.ClH/c1-2-12-23-17-6-4-3-5-16(17)21-18(23)14-22-13-9-19(15-22)7-10-20-11-8-19;/h3-6,20H,2,7-15H2,1H3;1H. The van der Waals surface area contributed by atoms with Crippen LogP contribution in [0.25, 0.3) is 11.0 Å². The van der Waals surface area contributed by atoms with Crippen LogP contribution in [-0.2, 0) is 13.1 Å². The van der Waals surface area contributed by atoms with Crippen molar-refractivity contribution in [3.63, 3.8) is 0 Å². The molecule has 4 nitrogen and oxygen atoms in total. The van der Waals surface area contributed by atoms with E-state index in [-0.39, 0.29) is 12.4 Å². The third-order valence-electron chi connectivity index (χ3n) is 5.73. The zero-order valence-electron chi connectivity index (χ0n) is 14.6. The lowest BCUT2D eigenvalue weighted by molar-refractivity contribution is 0.191. The average Bonchev–Trinajstić information content (AvgIpc) is 3.11. The number of imidazole rings is 1. The lowest BCUT2D eigenvalue weighted by atomic mass is 9.78. The molecule has 0 atom stereocenters. The molecular weight excluding hydrogens is 320 g/mol. The van der Waals surface area contributed by atoms with Crippen molar-refractivity contribution in [1.29, 1.82) is 0 Å². The number of likely N-dealkylation sites (tertiary alicyclic amines) is 1. The van der Waals surface area contributed by atoms with Crippen LogP contribution in [0, 0.1) is 5.41 Å². The van der Waals surface area contributed by atoms with E-state index in [1.807, 2.05) is 0 Å². The van der Waals surface area contributed by atoms with Crippen molar-refractivity contribution in [3.8, 4) is 0 Å². The molecule has 2 fully saturated rings. The third kappa shape index (κ3) is 3.32. The molecule has 0 unspecified atom stereocenters. The number of benzene rings is 1. The Hall–Kier alpha value is -1.10. The highest BCUT2D eigenvalue weighted by Gasteiger charge is 2.38. The van der Waals surface area contributed by atoms with E-state index in [1.54, 1.807) is 0 Å². The Morgan fingerprint density at radius 3 is 2.75 bits per heavy atom. The summed E-state index contributed by atoms with van der Waals surface area (Å²) in [7, 11) is 0. The summed E-state index contributed by atoms with van der Waals surface area (Å²) in [6.07, 6.45) is 5.20. The van der Waals surface area contributed by atoms with Crippen molar-refractivity contribution in [2.45, 2.75) is 45.7 Å². The highest BCUT2D eigenvalue weighted by Crippen LogP contribution is 2.39. The van der Waals surface area contributed by atoms with Crippen molar-refractivity contribution in [2.24, 2.45) is 5.41 Å². The second-order valence-corrected chi connectivity index (χ2v) is 7.38. The molecule has 1 aromatic carbocycles. The van der Waals surface area contributed by atoms with E-state index in [0.29, 0.717) is 5.41 Å². The maximum atomic E-state index is 4.94. The van der Waals surface area contributed by atoms with E-state index < -0.39 is 0 Å². The number of hydrogen-bond acceptors (Lipinski definition) is 3. The lowest BCUT2D eigenvalue weighted by Gasteiger charge is -2.33. The maximum Gasteiger partial charge on any atom is 0.124 e. The molecule has 3 heterocycles. The number of halogens is 1. The number of nitrogens with zero attached hydrogens (tertiary/aromatic N) is 3. The van der Waals surface area contributed by atoms with Gasteiger partial charge in [0.15, 0.2) is 0 Å². The van der Waals surface area contributed by atoms with E-state index in [4.69, 9.17) is 4.98 Å². The number of piperidine rings is 1. The largest absolute Gasteiger partial charge is 0.327 e. The number of nitrogens with one attached hydrogen (secondary N) is 1. The van der Waals surface area contributed by atoms with Crippen LogP contribution in [0.3, 0.4) is 0 Å². The van der Waals surface area contributed by atoms with Crippen molar-refractivity contribution in [2.75, 3.05) is 26.2 Å². The predicted molar refractivity (Wildman–Crippen MR) is 102 cm³/mol. The number of fused-ring (bicyclic) bond motifs is 1. The summed E-state index contributed by atoms with van der Waals surface area (Å²) in [6, 6.07) is 8.57. The van der Waals surface area contributed by atoms with Crippen LogP contribution in [0.4, 0.5) is 0 Å². The minimum atomic E-state index is 0. The second-order valence-electron chi connectivity index (χ2n) is 7.38. The molecule has 0 amide bonds. The van der Waals surface area contributed by atoms with E-state index in [2.05, 4.69) is 46.0 Å².